The lowest BCUT2D eigenvalue weighted by atomic mass is 10.1. The van der Waals surface area contributed by atoms with Crippen LogP contribution in [-0.4, -0.2) is 18.8 Å². The van der Waals surface area contributed by atoms with Gasteiger partial charge in [-0.25, -0.2) is 0 Å². The molecule has 3 heteroatoms. The average Bonchev–Trinajstić information content (AvgIpc) is 2.12. The quantitative estimate of drug-likeness (QED) is 0.606. The van der Waals surface area contributed by atoms with Crippen LogP contribution in [-0.2, 0) is 4.74 Å². The lowest BCUT2D eigenvalue weighted by Gasteiger charge is -2.11. The van der Waals surface area contributed by atoms with Crippen LogP contribution < -0.4 is 5.73 Å². The predicted octanol–water partition coefficient (Wildman–Crippen LogP) is 0.934. The third kappa shape index (κ3) is 2.52. The van der Waals surface area contributed by atoms with Crippen LogP contribution in [0.15, 0.2) is 0 Å². The molecule has 0 radical (unpaired) electrons. The van der Waals surface area contributed by atoms with Gasteiger partial charge in [-0.1, -0.05) is 0 Å². The number of hydrogen-bond acceptors (Lipinski definition) is 2. The SMILES string of the molecule is C[C@@H](N)[C@H]1CCCO1.Cl. The summed E-state index contributed by atoms with van der Waals surface area (Å²) in [6.07, 6.45) is 2.68. The van der Waals surface area contributed by atoms with Crippen molar-refractivity contribution in [3.63, 3.8) is 0 Å². The summed E-state index contributed by atoms with van der Waals surface area (Å²) in [5.74, 6) is 0. The molecule has 1 fully saturated rings. The maximum Gasteiger partial charge on any atom is 0.0724 e. The van der Waals surface area contributed by atoms with Crippen molar-refractivity contribution < 1.29 is 4.74 Å². The molecule has 56 valence electrons. The fourth-order valence-corrected chi connectivity index (χ4v) is 1.02. The zero-order chi connectivity index (χ0) is 5.98. The zero-order valence-corrected chi connectivity index (χ0v) is 6.49. The minimum Gasteiger partial charge on any atom is -0.377 e. The van der Waals surface area contributed by atoms with Gasteiger partial charge < -0.3 is 10.5 Å². The van der Waals surface area contributed by atoms with E-state index in [-0.39, 0.29) is 18.4 Å². The number of halogens is 1. The van der Waals surface area contributed by atoms with Crippen molar-refractivity contribution in [1.82, 2.24) is 0 Å². The lowest BCUT2D eigenvalue weighted by Crippen LogP contribution is -2.30. The molecule has 0 amide bonds. The highest BCUT2D eigenvalue weighted by atomic mass is 35.5. The van der Waals surface area contributed by atoms with Gasteiger partial charge in [-0.2, -0.15) is 0 Å². The van der Waals surface area contributed by atoms with Crippen LogP contribution in [0.1, 0.15) is 19.8 Å². The summed E-state index contributed by atoms with van der Waals surface area (Å²) in [6, 6.07) is 0.220. The molecule has 0 spiro atoms. The third-order valence-corrected chi connectivity index (χ3v) is 1.55. The maximum atomic E-state index is 5.57. The number of rotatable bonds is 1. The minimum absolute atomic E-state index is 0. The van der Waals surface area contributed by atoms with E-state index in [9.17, 15) is 0 Å². The maximum absolute atomic E-state index is 5.57. The number of ether oxygens (including phenoxy) is 1. The fraction of sp³-hybridized carbons (Fsp3) is 1.00. The van der Waals surface area contributed by atoms with Crippen LogP contribution in [0.2, 0.25) is 0 Å². The summed E-state index contributed by atoms with van der Waals surface area (Å²) >= 11 is 0. The molecule has 1 rings (SSSR count). The molecule has 1 aliphatic heterocycles. The second kappa shape index (κ2) is 4.09. The highest BCUT2D eigenvalue weighted by Gasteiger charge is 2.18. The summed E-state index contributed by atoms with van der Waals surface area (Å²) in [4.78, 5) is 0. The summed E-state index contributed by atoms with van der Waals surface area (Å²) in [6.45, 7) is 2.90. The van der Waals surface area contributed by atoms with Crippen LogP contribution >= 0.6 is 12.4 Å². The Morgan fingerprint density at radius 3 is 2.56 bits per heavy atom. The molecular formula is C6H14ClNO. The molecular weight excluding hydrogens is 138 g/mol. The summed E-state index contributed by atoms with van der Waals surface area (Å²) < 4.78 is 5.29. The molecule has 2 atom stereocenters. The van der Waals surface area contributed by atoms with Gasteiger partial charge in [0.2, 0.25) is 0 Å². The highest BCUT2D eigenvalue weighted by Crippen LogP contribution is 2.13. The lowest BCUT2D eigenvalue weighted by molar-refractivity contribution is 0.0947. The summed E-state index contributed by atoms with van der Waals surface area (Å²) in [5.41, 5.74) is 5.57. The first-order chi connectivity index (χ1) is 3.80. The van der Waals surface area contributed by atoms with E-state index in [4.69, 9.17) is 10.5 Å². The van der Waals surface area contributed by atoms with E-state index in [1.807, 2.05) is 6.92 Å². The van der Waals surface area contributed by atoms with Gasteiger partial charge >= 0.3 is 0 Å². The molecule has 0 aromatic rings. The Morgan fingerprint density at radius 1 is 1.67 bits per heavy atom. The molecule has 1 saturated heterocycles. The molecule has 0 bridgehead atoms. The van der Waals surface area contributed by atoms with Crippen LogP contribution in [0.3, 0.4) is 0 Å². The number of hydrogen-bond donors (Lipinski definition) is 1. The summed E-state index contributed by atoms with van der Waals surface area (Å²) in [5, 5.41) is 0. The number of nitrogens with two attached hydrogens (primary N) is 1. The van der Waals surface area contributed by atoms with Crippen LogP contribution in [0.25, 0.3) is 0 Å². The van der Waals surface area contributed by atoms with Crippen molar-refractivity contribution in [1.29, 1.82) is 0 Å². The molecule has 2 N–H and O–H groups in total. The first-order valence-electron chi connectivity index (χ1n) is 3.18. The molecule has 1 aliphatic rings. The molecule has 9 heavy (non-hydrogen) atoms. The Bertz CT molecular complexity index is 71.5. The Kier molecular flexibility index (Phi) is 4.19. The van der Waals surface area contributed by atoms with Crippen molar-refractivity contribution >= 4 is 12.4 Å². The van der Waals surface area contributed by atoms with E-state index >= 15 is 0 Å². The summed E-state index contributed by atoms with van der Waals surface area (Å²) in [7, 11) is 0. The molecule has 2 nitrogen and oxygen atoms in total. The first kappa shape index (κ1) is 9.21. The van der Waals surface area contributed by atoms with E-state index in [1.54, 1.807) is 0 Å². The zero-order valence-electron chi connectivity index (χ0n) is 5.67. The second-order valence-corrected chi connectivity index (χ2v) is 2.41. The van der Waals surface area contributed by atoms with Gasteiger partial charge in [0.1, 0.15) is 0 Å². The molecule has 0 aromatic carbocycles. The van der Waals surface area contributed by atoms with E-state index in [0.29, 0.717) is 6.10 Å². The highest BCUT2D eigenvalue weighted by molar-refractivity contribution is 5.85. The van der Waals surface area contributed by atoms with Crippen molar-refractivity contribution in [2.24, 2.45) is 5.73 Å². The fourth-order valence-electron chi connectivity index (χ4n) is 1.02. The van der Waals surface area contributed by atoms with Gasteiger partial charge in [0.25, 0.3) is 0 Å². The van der Waals surface area contributed by atoms with Crippen molar-refractivity contribution in [2.45, 2.75) is 31.9 Å². The van der Waals surface area contributed by atoms with Crippen LogP contribution in [0, 0.1) is 0 Å². The topological polar surface area (TPSA) is 35.2 Å². The monoisotopic (exact) mass is 151 g/mol. The predicted molar refractivity (Wildman–Crippen MR) is 39.9 cm³/mol. The molecule has 0 saturated carbocycles. The van der Waals surface area contributed by atoms with E-state index < -0.39 is 0 Å². The van der Waals surface area contributed by atoms with Gasteiger partial charge in [0.05, 0.1) is 6.10 Å². The Labute approximate surface area is 62.2 Å². The van der Waals surface area contributed by atoms with Crippen LogP contribution in [0.5, 0.6) is 0 Å². The normalized spacial score (nSPS) is 29.3. The van der Waals surface area contributed by atoms with Gasteiger partial charge in [0.15, 0.2) is 0 Å². The van der Waals surface area contributed by atoms with Gasteiger partial charge in [-0.15, -0.1) is 12.4 Å². The largest absolute Gasteiger partial charge is 0.377 e. The van der Waals surface area contributed by atoms with E-state index in [0.717, 1.165) is 13.0 Å². The van der Waals surface area contributed by atoms with Gasteiger partial charge in [0, 0.05) is 12.6 Å². The van der Waals surface area contributed by atoms with Crippen molar-refractivity contribution in [3.8, 4) is 0 Å². The molecule has 0 aromatic heterocycles. The molecule has 1 heterocycles. The van der Waals surface area contributed by atoms with Crippen LogP contribution in [0.4, 0.5) is 0 Å². The second-order valence-electron chi connectivity index (χ2n) is 2.41. The smallest absolute Gasteiger partial charge is 0.0724 e. The van der Waals surface area contributed by atoms with E-state index in [1.165, 1.54) is 6.42 Å². The standard InChI is InChI=1S/C6H13NO.ClH/c1-5(7)6-3-2-4-8-6;/h5-6H,2-4,7H2,1H3;1H/t5-,6-;/m1./s1. The third-order valence-electron chi connectivity index (χ3n) is 1.55. The van der Waals surface area contributed by atoms with Crippen molar-refractivity contribution in [3.05, 3.63) is 0 Å². The van der Waals surface area contributed by atoms with Gasteiger partial charge in [-0.3, -0.25) is 0 Å². The van der Waals surface area contributed by atoms with Gasteiger partial charge in [-0.05, 0) is 19.8 Å². The molecule has 0 aliphatic carbocycles. The Morgan fingerprint density at radius 2 is 2.33 bits per heavy atom. The van der Waals surface area contributed by atoms with E-state index in [2.05, 4.69) is 0 Å². The Balaban J connectivity index is 0.000000640. The average molecular weight is 152 g/mol. The molecule has 0 unspecified atom stereocenters. The minimum atomic E-state index is 0. The first-order valence-corrected chi connectivity index (χ1v) is 3.18. The Hall–Kier alpha value is 0.210. The van der Waals surface area contributed by atoms with Crippen molar-refractivity contribution in [2.75, 3.05) is 6.61 Å².